The van der Waals surface area contributed by atoms with Gasteiger partial charge in [0.15, 0.2) is 5.78 Å². The van der Waals surface area contributed by atoms with E-state index in [1.807, 2.05) is 0 Å². The highest BCUT2D eigenvalue weighted by Crippen LogP contribution is 2.29. The molecule has 3 rings (SSSR count). The number of carbonyl (C=O) groups excluding carboxylic acids is 3. The molecule has 0 spiro atoms. The molecule has 8 nitrogen and oxygen atoms in total. The first-order valence-electron chi connectivity index (χ1n) is 7.46. The lowest BCUT2D eigenvalue weighted by molar-refractivity contribution is -0.125. The zero-order chi connectivity index (χ0) is 16.4. The van der Waals surface area contributed by atoms with E-state index in [1.165, 1.54) is 29.5 Å². The van der Waals surface area contributed by atoms with Crippen molar-refractivity contribution < 1.29 is 19.2 Å². The summed E-state index contributed by atoms with van der Waals surface area (Å²) in [6.45, 7) is 0.377. The first-order chi connectivity index (χ1) is 11.1. The third-order valence-corrected chi connectivity index (χ3v) is 4.25. The number of pyridine rings is 1. The Bertz CT molecular complexity index is 621. The molecule has 2 fully saturated rings. The van der Waals surface area contributed by atoms with Gasteiger partial charge in [-0.2, -0.15) is 5.06 Å². The molecule has 1 aromatic rings. The number of amides is 3. The fraction of sp³-hybridized carbons (Fsp3) is 0.467. The summed E-state index contributed by atoms with van der Waals surface area (Å²) in [7, 11) is 1.45. The van der Waals surface area contributed by atoms with Crippen molar-refractivity contribution in [3.8, 4) is 0 Å². The van der Waals surface area contributed by atoms with Gasteiger partial charge in [0, 0.05) is 24.5 Å². The van der Waals surface area contributed by atoms with Crippen LogP contribution in [0.1, 0.15) is 23.2 Å². The molecule has 0 unspecified atom stereocenters. The number of aromatic nitrogens is 1. The van der Waals surface area contributed by atoms with Crippen molar-refractivity contribution in [3.05, 3.63) is 30.1 Å². The zero-order valence-corrected chi connectivity index (χ0v) is 12.8. The lowest BCUT2D eigenvalue weighted by Gasteiger charge is -2.29. The minimum Gasteiger partial charge on any atom is -0.347 e. The Labute approximate surface area is 133 Å². The van der Waals surface area contributed by atoms with Gasteiger partial charge in [0.05, 0.1) is 19.7 Å². The molecule has 1 N–H and O–H groups in total. The summed E-state index contributed by atoms with van der Waals surface area (Å²) in [6, 6.07) is 2.34. The molecule has 1 aromatic heterocycles. The van der Waals surface area contributed by atoms with Crippen LogP contribution in [0.4, 0.5) is 4.79 Å². The molecule has 2 atom stereocenters. The smallest absolute Gasteiger partial charge is 0.345 e. The van der Waals surface area contributed by atoms with Crippen molar-refractivity contribution in [1.29, 1.82) is 0 Å². The molecular formula is C15H18N4O4. The summed E-state index contributed by atoms with van der Waals surface area (Å²) in [5.41, 5.74) is 0.492. The van der Waals surface area contributed by atoms with Gasteiger partial charge in [0.1, 0.15) is 6.04 Å². The number of urea groups is 1. The Morgan fingerprint density at radius 2 is 2.09 bits per heavy atom. The number of ketones is 1. The molecule has 0 aromatic carbocycles. The first kappa shape index (κ1) is 15.4. The van der Waals surface area contributed by atoms with Crippen molar-refractivity contribution in [2.24, 2.45) is 0 Å². The summed E-state index contributed by atoms with van der Waals surface area (Å²) >= 11 is 0. The van der Waals surface area contributed by atoms with Gasteiger partial charge in [-0.15, -0.1) is 0 Å². The van der Waals surface area contributed by atoms with Gasteiger partial charge < -0.3 is 10.2 Å². The van der Waals surface area contributed by atoms with Crippen LogP contribution < -0.4 is 5.32 Å². The number of rotatable bonds is 5. The van der Waals surface area contributed by atoms with E-state index in [9.17, 15) is 14.4 Å². The molecule has 23 heavy (non-hydrogen) atoms. The molecule has 2 aliphatic rings. The standard InChI is InChI=1S/C15H18N4O4/c1-23-19-11-2-3-12(18(9-11)15(19)22)14(21)17-8-13(20)10-4-6-16-7-5-10/h4-7,11-12H,2-3,8-9H2,1H3,(H,17,21)/t11-,12+/m1/s1. The van der Waals surface area contributed by atoms with Crippen molar-refractivity contribution in [1.82, 2.24) is 20.3 Å². The number of hydrogen-bond acceptors (Lipinski definition) is 5. The summed E-state index contributed by atoms with van der Waals surface area (Å²) in [5, 5.41) is 3.94. The van der Waals surface area contributed by atoms with Crippen molar-refractivity contribution in [3.63, 3.8) is 0 Å². The van der Waals surface area contributed by atoms with Gasteiger partial charge in [0.2, 0.25) is 5.91 Å². The van der Waals surface area contributed by atoms with Crippen molar-refractivity contribution in [2.45, 2.75) is 24.9 Å². The predicted molar refractivity (Wildman–Crippen MR) is 79.3 cm³/mol. The van der Waals surface area contributed by atoms with Gasteiger partial charge in [0.25, 0.3) is 0 Å². The molecule has 3 amide bonds. The summed E-state index contributed by atoms with van der Waals surface area (Å²) in [4.78, 5) is 46.9. The maximum absolute atomic E-state index is 12.3. The van der Waals surface area contributed by atoms with Crippen LogP contribution in [0, 0.1) is 0 Å². The van der Waals surface area contributed by atoms with Crippen LogP contribution in [0.2, 0.25) is 0 Å². The molecule has 8 heteroatoms. The Balaban J connectivity index is 1.59. The monoisotopic (exact) mass is 318 g/mol. The van der Waals surface area contributed by atoms with E-state index in [4.69, 9.17) is 4.84 Å². The van der Waals surface area contributed by atoms with E-state index in [2.05, 4.69) is 10.3 Å². The van der Waals surface area contributed by atoms with Crippen molar-refractivity contribution >= 4 is 17.7 Å². The first-order valence-corrected chi connectivity index (χ1v) is 7.46. The predicted octanol–water partition coefficient (Wildman–Crippen LogP) is 0.211. The zero-order valence-electron chi connectivity index (χ0n) is 12.8. The normalized spacial score (nSPS) is 23.1. The molecule has 3 heterocycles. The highest BCUT2D eigenvalue weighted by atomic mass is 16.7. The number of nitrogens with zero attached hydrogens (tertiary/aromatic N) is 3. The number of fused-ring (bicyclic) bond motifs is 2. The van der Waals surface area contributed by atoms with Gasteiger partial charge in [-0.25, -0.2) is 4.79 Å². The fourth-order valence-corrected chi connectivity index (χ4v) is 3.06. The second-order valence-electron chi connectivity index (χ2n) is 5.57. The van der Waals surface area contributed by atoms with Gasteiger partial charge >= 0.3 is 6.03 Å². The largest absolute Gasteiger partial charge is 0.347 e. The Morgan fingerprint density at radius 3 is 2.78 bits per heavy atom. The van der Waals surface area contributed by atoms with E-state index in [0.29, 0.717) is 24.9 Å². The number of hydroxylamine groups is 2. The van der Waals surface area contributed by atoms with Crippen LogP contribution in [0.5, 0.6) is 0 Å². The number of nitrogens with one attached hydrogen (secondary N) is 1. The minimum absolute atomic E-state index is 0.00463. The average molecular weight is 318 g/mol. The maximum atomic E-state index is 12.3. The van der Waals surface area contributed by atoms with E-state index in [-0.39, 0.29) is 30.3 Å². The number of Topliss-reactive ketones (excluding diaryl/α,β-unsaturated/α-hetero) is 1. The van der Waals surface area contributed by atoms with Crippen LogP contribution in [-0.4, -0.2) is 65.0 Å². The summed E-state index contributed by atoms with van der Waals surface area (Å²) < 4.78 is 0. The fourth-order valence-electron chi connectivity index (χ4n) is 3.06. The number of piperidine rings is 1. The topological polar surface area (TPSA) is 91.8 Å². The molecule has 0 radical (unpaired) electrons. The average Bonchev–Trinajstić information content (AvgIpc) is 2.83. The maximum Gasteiger partial charge on any atom is 0.345 e. The Morgan fingerprint density at radius 1 is 1.35 bits per heavy atom. The van der Waals surface area contributed by atoms with Crippen molar-refractivity contribution in [2.75, 3.05) is 20.2 Å². The number of carbonyl (C=O) groups is 3. The second kappa shape index (κ2) is 6.33. The van der Waals surface area contributed by atoms with Gasteiger partial charge in [-0.05, 0) is 25.0 Å². The third-order valence-electron chi connectivity index (χ3n) is 4.25. The Hall–Kier alpha value is -2.48. The van der Waals surface area contributed by atoms with Crippen LogP contribution in [0.25, 0.3) is 0 Å². The second-order valence-corrected chi connectivity index (χ2v) is 5.57. The molecule has 2 bridgehead atoms. The van der Waals surface area contributed by atoms with E-state index in [1.54, 1.807) is 12.1 Å². The van der Waals surface area contributed by atoms with E-state index in [0.717, 1.165) is 0 Å². The van der Waals surface area contributed by atoms with Gasteiger partial charge in [-0.3, -0.25) is 19.4 Å². The molecular weight excluding hydrogens is 300 g/mol. The van der Waals surface area contributed by atoms with Crippen LogP contribution in [0.15, 0.2) is 24.5 Å². The molecule has 0 saturated carbocycles. The summed E-state index contributed by atoms with van der Waals surface area (Å²) in [5.74, 6) is -0.502. The highest BCUT2D eigenvalue weighted by Gasteiger charge is 2.47. The molecule has 2 aliphatic heterocycles. The number of hydrogen-bond donors (Lipinski definition) is 1. The molecule has 2 saturated heterocycles. The van der Waals surface area contributed by atoms with E-state index >= 15 is 0 Å². The SMILES string of the molecule is CON1C(=O)N2C[C@H]1CC[C@H]2C(=O)NCC(=O)c1ccncc1. The highest BCUT2D eigenvalue weighted by molar-refractivity contribution is 6.00. The molecule has 122 valence electrons. The Kier molecular flexibility index (Phi) is 4.24. The van der Waals surface area contributed by atoms with E-state index < -0.39 is 6.04 Å². The quantitative estimate of drug-likeness (QED) is 0.784. The van der Waals surface area contributed by atoms with Crippen LogP contribution in [0.3, 0.4) is 0 Å². The van der Waals surface area contributed by atoms with Gasteiger partial charge in [-0.1, -0.05) is 0 Å². The van der Waals surface area contributed by atoms with Crippen LogP contribution in [-0.2, 0) is 9.63 Å². The summed E-state index contributed by atoms with van der Waals surface area (Å²) in [6.07, 6.45) is 4.31. The third kappa shape index (κ3) is 2.89. The lowest BCUT2D eigenvalue weighted by Crippen LogP contribution is -2.50. The van der Waals surface area contributed by atoms with Crippen LogP contribution >= 0.6 is 0 Å². The minimum atomic E-state index is -0.552. The molecule has 0 aliphatic carbocycles. The lowest BCUT2D eigenvalue weighted by atomic mass is 10.0.